The third-order valence-electron chi connectivity index (χ3n) is 2.94. The summed E-state index contributed by atoms with van der Waals surface area (Å²) in [4.78, 5) is 3.20. The summed E-state index contributed by atoms with van der Waals surface area (Å²) in [6, 6.07) is 7.97. The van der Waals surface area contributed by atoms with Gasteiger partial charge < -0.3 is 9.72 Å². The van der Waals surface area contributed by atoms with Gasteiger partial charge in [-0.05, 0) is 43.2 Å². The second kappa shape index (κ2) is 4.72. The smallest absolute Gasteiger partial charge is 0.131 e. The van der Waals surface area contributed by atoms with E-state index in [9.17, 15) is 0 Å². The van der Waals surface area contributed by atoms with Crippen molar-refractivity contribution in [3.05, 3.63) is 46.1 Å². The minimum atomic E-state index is 0.819. The van der Waals surface area contributed by atoms with Gasteiger partial charge in [0.1, 0.15) is 5.75 Å². The molecular formula is C14H15NOS. The number of aromatic amines is 1. The van der Waals surface area contributed by atoms with Crippen molar-refractivity contribution in [3.63, 3.8) is 0 Å². The molecule has 0 saturated heterocycles. The summed E-state index contributed by atoms with van der Waals surface area (Å²) in [5.74, 6) is 0.904. The lowest BCUT2D eigenvalue weighted by Crippen LogP contribution is -1.94. The van der Waals surface area contributed by atoms with Crippen molar-refractivity contribution in [1.82, 2.24) is 4.98 Å². The largest absolute Gasteiger partial charge is 0.496 e. The van der Waals surface area contributed by atoms with Crippen LogP contribution in [0.3, 0.4) is 0 Å². The first-order valence-corrected chi connectivity index (χ1v) is 5.87. The van der Waals surface area contributed by atoms with Crippen LogP contribution in [-0.2, 0) is 0 Å². The highest BCUT2D eigenvalue weighted by molar-refractivity contribution is 7.71. The Bertz CT molecular complexity index is 601. The number of hydrogen-bond donors (Lipinski definition) is 1. The van der Waals surface area contributed by atoms with Crippen LogP contribution in [-0.4, -0.2) is 12.1 Å². The molecule has 0 unspecified atom stereocenters. The number of pyridine rings is 1. The van der Waals surface area contributed by atoms with E-state index < -0.39 is 0 Å². The van der Waals surface area contributed by atoms with E-state index in [1.807, 2.05) is 18.3 Å². The van der Waals surface area contributed by atoms with Gasteiger partial charge in [-0.15, -0.1) is 0 Å². The van der Waals surface area contributed by atoms with Gasteiger partial charge >= 0.3 is 0 Å². The summed E-state index contributed by atoms with van der Waals surface area (Å²) in [7, 11) is 1.70. The monoisotopic (exact) mass is 245 g/mol. The zero-order valence-electron chi connectivity index (χ0n) is 10.2. The Morgan fingerprint density at radius 3 is 2.59 bits per heavy atom. The van der Waals surface area contributed by atoms with E-state index in [1.165, 1.54) is 5.56 Å². The molecule has 0 aliphatic carbocycles. The van der Waals surface area contributed by atoms with E-state index in [0.29, 0.717) is 0 Å². The highest BCUT2D eigenvalue weighted by atomic mass is 32.1. The summed E-state index contributed by atoms with van der Waals surface area (Å²) < 4.78 is 6.32. The maximum Gasteiger partial charge on any atom is 0.131 e. The summed E-state index contributed by atoms with van der Waals surface area (Å²) in [6.45, 7) is 4.14. The number of rotatable bonds is 2. The van der Waals surface area contributed by atoms with Gasteiger partial charge in [0.25, 0.3) is 0 Å². The predicted molar refractivity (Wildman–Crippen MR) is 73.1 cm³/mol. The molecule has 3 heteroatoms. The van der Waals surface area contributed by atoms with Crippen LogP contribution in [0.4, 0.5) is 0 Å². The molecule has 1 aromatic heterocycles. The Morgan fingerprint density at radius 1 is 1.18 bits per heavy atom. The van der Waals surface area contributed by atoms with Gasteiger partial charge in [-0.1, -0.05) is 18.3 Å². The van der Waals surface area contributed by atoms with E-state index in [2.05, 4.69) is 31.0 Å². The number of benzene rings is 1. The number of methoxy groups -OCH3 is 1. The van der Waals surface area contributed by atoms with Crippen molar-refractivity contribution >= 4 is 12.2 Å². The zero-order chi connectivity index (χ0) is 12.4. The average Bonchev–Trinajstić information content (AvgIpc) is 2.32. The summed E-state index contributed by atoms with van der Waals surface area (Å²) in [5, 5.41) is 0. The lowest BCUT2D eigenvalue weighted by atomic mass is 10.0. The first kappa shape index (κ1) is 11.9. The highest BCUT2D eigenvalue weighted by Crippen LogP contribution is 2.33. The van der Waals surface area contributed by atoms with Gasteiger partial charge in [-0.25, -0.2) is 0 Å². The van der Waals surface area contributed by atoms with Crippen LogP contribution in [0.15, 0.2) is 30.5 Å². The first-order chi connectivity index (χ1) is 8.13. The number of nitrogens with one attached hydrogen (secondary N) is 1. The molecule has 0 saturated carbocycles. The average molecular weight is 245 g/mol. The number of aryl methyl sites for hydroxylation is 1. The highest BCUT2D eigenvalue weighted by Gasteiger charge is 2.10. The Labute approximate surface area is 106 Å². The van der Waals surface area contributed by atoms with Crippen molar-refractivity contribution in [1.29, 1.82) is 0 Å². The Morgan fingerprint density at radius 2 is 1.94 bits per heavy atom. The Hall–Kier alpha value is -1.61. The van der Waals surface area contributed by atoms with Gasteiger partial charge in [0, 0.05) is 16.3 Å². The third-order valence-corrected chi connectivity index (χ3v) is 3.20. The normalized spacial score (nSPS) is 10.3. The van der Waals surface area contributed by atoms with Gasteiger partial charge in [-0.3, -0.25) is 0 Å². The van der Waals surface area contributed by atoms with Crippen molar-refractivity contribution < 1.29 is 4.74 Å². The predicted octanol–water partition coefficient (Wildman–Crippen LogP) is 4.04. The molecule has 0 bridgehead atoms. The summed E-state index contributed by atoms with van der Waals surface area (Å²) in [6.07, 6.45) is 1.85. The van der Waals surface area contributed by atoms with Crippen molar-refractivity contribution in [3.8, 4) is 17.0 Å². The van der Waals surface area contributed by atoms with Crippen LogP contribution in [0, 0.1) is 18.4 Å². The van der Waals surface area contributed by atoms with Crippen molar-refractivity contribution in [2.75, 3.05) is 7.11 Å². The molecule has 1 aromatic carbocycles. The molecule has 0 aliphatic rings. The molecule has 0 radical (unpaired) electrons. The lowest BCUT2D eigenvalue weighted by molar-refractivity contribution is 0.413. The second-order valence-electron chi connectivity index (χ2n) is 4.03. The van der Waals surface area contributed by atoms with Gasteiger partial charge in [-0.2, -0.15) is 0 Å². The molecule has 0 atom stereocenters. The molecule has 1 heterocycles. The van der Waals surface area contributed by atoms with Crippen LogP contribution in [0.5, 0.6) is 5.75 Å². The van der Waals surface area contributed by atoms with E-state index in [1.54, 1.807) is 7.11 Å². The van der Waals surface area contributed by atoms with Gasteiger partial charge in [0.15, 0.2) is 0 Å². The number of H-pyrrole nitrogens is 1. The molecule has 17 heavy (non-hydrogen) atoms. The Balaban J connectivity index is 2.68. The fourth-order valence-electron chi connectivity index (χ4n) is 1.87. The van der Waals surface area contributed by atoms with Crippen LogP contribution in [0.25, 0.3) is 11.3 Å². The topological polar surface area (TPSA) is 25.0 Å². The molecule has 88 valence electrons. The van der Waals surface area contributed by atoms with Gasteiger partial charge in [0.2, 0.25) is 0 Å². The first-order valence-electron chi connectivity index (χ1n) is 5.47. The molecule has 0 aliphatic heterocycles. The number of ether oxygens (including phenoxy) is 1. The standard InChI is InChI=1S/C14H15NOS/c1-9-4-5-12(14(16-3)10(9)2)13-8-11(17)6-7-15-13/h4-8H,1-3H3,(H,15,17). The van der Waals surface area contributed by atoms with Crippen LogP contribution >= 0.6 is 12.2 Å². The summed E-state index contributed by atoms with van der Waals surface area (Å²) in [5.41, 5.74) is 4.41. The van der Waals surface area contributed by atoms with Crippen molar-refractivity contribution in [2.45, 2.75) is 13.8 Å². The van der Waals surface area contributed by atoms with Crippen LogP contribution in [0.1, 0.15) is 11.1 Å². The minimum absolute atomic E-state index is 0.819. The maximum atomic E-state index is 5.50. The molecule has 0 fully saturated rings. The number of aromatic nitrogens is 1. The fourth-order valence-corrected chi connectivity index (χ4v) is 2.05. The van der Waals surface area contributed by atoms with E-state index in [-0.39, 0.29) is 0 Å². The molecule has 2 rings (SSSR count). The molecular weight excluding hydrogens is 230 g/mol. The van der Waals surface area contributed by atoms with Gasteiger partial charge in [0.05, 0.1) is 12.8 Å². The Kier molecular flexibility index (Phi) is 3.29. The van der Waals surface area contributed by atoms with E-state index in [0.717, 1.165) is 27.1 Å². The molecule has 0 amide bonds. The van der Waals surface area contributed by atoms with Crippen LogP contribution in [0.2, 0.25) is 0 Å². The zero-order valence-corrected chi connectivity index (χ0v) is 11.0. The molecule has 0 spiro atoms. The van der Waals surface area contributed by atoms with Crippen LogP contribution < -0.4 is 4.74 Å². The lowest BCUT2D eigenvalue weighted by Gasteiger charge is -2.13. The SMILES string of the molecule is COc1c(-c2cc(=S)cc[nH]2)ccc(C)c1C. The number of hydrogen-bond acceptors (Lipinski definition) is 2. The maximum absolute atomic E-state index is 5.50. The van der Waals surface area contributed by atoms with Crippen molar-refractivity contribution in [2.24, 2.45) is 0 Å². The molecule has 2 nitrogen and oxygen atoms in total. The molecule has 1 N–H and O–H groups in total. The quantitative estimate of drug-likeness (QED) is 0.808. The molecule has 2 aromatic rings. The van der Waals surface area contributed by atoms with E-state index in [4.69, 9.17) is 17.0 Å². The fraction of sp³-hybridized carbons (Fsp3) is 0.214. The minimum Gasteiger partial charge on any atom is -0.496 e. The summed E-state index contributed by atoms with van der Waals surface area (Å²) >= 11 is 5.18. The van der Waals surface area contributed by atoms with E-state index >= 15 is 0 Å². The third kappa shape index (κ3) is 2.24. The second-order valence-corrected chi connectivity index (χ2v) is 4.50.